The summed E-state index contributed by atoms with van der Waals surface area (Å²) in [6.45, 7) is 4.19. The summed E-state index contributed by atoms with van der Waals surface area (Å²) in [5.41, 5.74) is 1.74. The molecule has 3 heteroatoms. The van der Waals surface area contributed by atoms with E-state index in [4.69, 9.17) is 0 Å². The maximum absolute atomic E-state index is 12.0. The van der Waals surface area contributed by atoms with Gasteiger partial charge in [0.1, 0.15) is 0 Å². The van der Waals surface area contributed by atoms with Crippen molar-refractivity contribution in [3.05, 3.63) is 28.2 Å². The molecular weight excluding hydrogens is 266 g/mol. The molecule has 1 amide bonds. The van der Waals surface area contributed by atoms with E-state index in [9.17, 15) is 4.79 Å². The molecule has 1 aliphatic heterocycles. The van der Waals surface area contributed by atoms with E-state index in [0.717, 1.165) is 35.0 Å². The Morgan fingerprint density at radius 3 is 2.88 bits per heavy atom. The number of unbranched alkanes of at least 4 members (excludes halogenated alkanes) is 1. The summed E-state index contributed by atoms with van der Waals surface area (Å²) in [7, 11) is 0. The Hall–Kier alpha value is -0.830. The van der Waals surface area contributed by atoms with Gasteiger partial charge in [-0.05, 0) is 37.1 Å². The van der Waals surface area contributed by atoms with Gasteiger partial charge in [0, 0.05) is 10.2 Å². The molecule has 2 rings (SSSR count). The van der Waals surface area contributed by atoms with Crippen molar-refractivity contribution in [1.29, 1.82) is 0 Å². The molecule has 2 nitrogen and oxygen atoms in total. The summed E-state index contributed by atoms with van der Waals surface area (Å²) in [5, 5.41) is 2.96. The van der Waals surface area contributed by atoms with Crippen LogP contribution in [0.2, 0.25) is 0 Å². The predicted molar refractivity (Wildman–Crippen MR) is 69.6 cm³/mol. The Bertz CT molecular complexity index is 430. The van der Waals surface area contributed by atoms with Crippen molar-refractivity contribution in [3.63, 3.8) is 0 Å². The minimum absolute atomic E-state index is 0.133. The Balaban J connectivity index is 2.41. The minimum Gasteiger partial charge on any atom is -0.325 e. The number of rotatable bonds is 3. The largest absolute Gasteiger partial charge is 0.325 e. The molecule has 16 heavy (non-hydrogen) atoms. The molecule has 1 heterocycles. The normalized spacial score (nSPS) is 23.1. The van der Waals surface area contributed by atoms with Crippen LogP contribution in [0.25, 0.3) is 0 Å². The fourth-order valence-electron chi connectivity index (χ4n) is 2.24. The number of hydrogen-bond acceptors (Lipinski definition) is 1. The maximum atomic E-state index is 12.0. The average Bonchev–Trinajstić information content (AvgIpc) is 2.50. The number of carbonyl (C=O) groups is 1. The molecule has 0 saturated heterocycles. The lowest BCUT2D eigenvalue weighted by molar-refractivity contribution is -0.120. The van der Waals surface area contributed by atoms with Gasteiger partial charge < -0.3 is 5.32 Å². The number of benzene rings is 1. The first-order valence-corrected chi connectivity index (χ1v) is 6.48. The zero-order chi connectivity index (χ0) is 11.8. The van der Waals surface area contributed by atoms with Crippen molar-refractivity contribution >= 4 is 27.5 Å². The molecule has 0 radical (unpaired) electrons. The molecule has 0 aliphatic carbocycles. The van der Waals surface area contributed by atoms with Gasteiger partial charge in [-0.1, -0.05) is 35.7 Å². The van der Waals surface area contributed by atoms with Gasteiger partial charge in [0.2, 0.25) is 5.91 Å². The molecule has 0 spiro atoms. The van der Waals surface area contributed by atoms with E-state index in [2.05, 4.69) is 34.2 Å². The summed E-state index contributed by atoms with van der Waals surface area (Å²) in [4.78, 5) is 12.0. The first-order chi connectivity index (χ1) is 7.58. The van der Waals surface area contributed by atoms with Crippen molar-refractivity contribution < 1.29 is 4.79 Å². The van der Waals surface area contributed by atoms with Crippen LogP contribution in [0.1, 0.15) is 38.7 Å². The molecule has 1 aliphatic rings. The van der Waals surface area contributed by atoms with E-state index < -0.39 is 0 Å². The third-order valence-electron chi connectivity index (χ3n) is 3.36. The number of amides is 1. The van der Waals surface area contributed by atoms with Crippen molar-refractivity contribution in [2.24, 2.45) is 0 Å². The van der Waals surface area contributed by atoms with Gasteiger partial charge in [0.25, 0.3) is 0 Å². The quantitative estimate of drug-likeness (QED) is 0.896. The standard InChI is InChI=1S/C13H16BrNO/c1-3-4-7-13(2)10-8-9(14)5-6-11(10)15-12(13)16/h5-6,8H,3-4,7H2,1-2H3,(H,15,16). The van der Waals surface area contributed by atoms with Crippen LogP contribution in [0, 0.1) is 0 Å². The molecule has 0 bridgehead atoms. The smallest absolute Gasteiger partial charge is 0.234 e. The third kappa shape index (κ3) is 1.77. The van der Waals surface area contributed by atoms with Gasteiger partial charge in [0.05, 0.1) is 5.41 Å². The van der Waals surface area contributed by atoms with Crippen LogP contribution < -0.4 is 5.32 Å². The number of halogens is 1. The van der Waals surface area contributed by atoms with Gasteiger partial charge in [-0.25, -0.2) is 0 Å². The molecule has 0 fully saturated rings. The number of anilines is 1. The van der Waals surface area contributed by atoms with E-state index in [1.807, 2.05) is 19.1 Å². The molecule has 0 saturated carbocycles. The second-order valence-corrected chi connectivity index (χ2v) is 5.50. The molecule has 1 N–H and O–H groups in total. The summed E-state index contributed by atoms with van der Waals surface area (Å²) in [6.07, 6.45) is 3.11. The number of carbonyl (C=O) groups excluding carboxylic acids is 1. The monoisotopic (exact) mass is 281 g/mol. The van der Waals surface area contributed by atoms with Crippen LogP contribution in [0.5, 0.6) is 0 Å². The van der Waals surface area contributed by atoms with Gasteiger partial charge in [-0.15, -0.1) is 0 Å². The van der Waals surface area contributed by atoms with Crippen LogP contribution in [-0.2, 0) is 10.2 Å². The lowest BCUT2D eigenvalue weighted by atomic mass is 9.79. The topological polar surface area (TPSA) is 29.1 Å². The molecule has 86 valence electrons. The highest BCUT2D eigenvalue weighted by atomic mass is 79.9. The maximum Gasteiger partial charge on any atom is 0.234 e. The average molecular weight is 282 g/mol. The summed E-state index contributed by atoms with van der Waals surface area (Å²) in [5.74, 6) is 0.133. The Morgan fingerprint density at radius 1 is 1.44 bits per heavy atom. The Kier molecular flexibility index (Phi) is 3.06. The highest BCUT2D eigenvalue weighted by Crippen LogP contribution is 2.42. The summed E-state index contributed by atoms with van der Waals surface area (Å²) in [6, 6.07) is 5.99. The molecule has 0 aromatic heterocycles. The zero-order valence-corrected chi connectivity index (χ0v) is 11.2. The SMILES string of the molecule is CCCCC1(C)C(=O)Nc2ccc(Br)cc21. The second-order valence-electron chi connectivity index (χ2n) is 4.58. The lowest BCUT2D eigenvalue weighted by Crippen LogP contribution is -2.30. The highest BCUT2D eigenvalue weighted by Gasteiger charge is 2.41. The molecular formula is C13H16BrNO. The van der Waals surface area contributed by atoms with Crippen molar-refractivity contribution in [1.82, 2.24) is 0 Å². The fraction of sp³-hybridized carbons (Fsp3) is 0.462. The van der Waals surface area contributed by atoms with Crippen LogP contribution in [0.4, 0.5) is 5.69 Å². The zero-order valence-electron chi connectivity index (χ0n) is 9.64. The van der Waals surface area contributed by atoms with Crippen molar-refractivity contribution in [2.45, 2.75) is 38.5 Å². The molecule has 1 aromatic carbocycles. The third-order valence-corrected chi connectivity index (χ3v) is 3.85. The van der Waals surface area contributed by atoms with E-state index in [-0.39, 0.29) is 11.3 Å². The fourth-order valence-corrected chi connectivity index (χ4v) is 2.60. The first-order valence-electron chi connectivity index (χ1n) is 5.69. The number of fused-ring (bicyclic) bond motifs is 1. The van der Waals surface area contributed by atoms with Gasteiger partial charge in [-0.2, -0.15) is 0 Å². The van der Waals surface area contributed by atoms with E-state index in [0.29, 0.717) is 0 Å². The molecule has 1 aromatic rings. The van der Waals surface area contributed by atoms with Crippen LogP contribution in [-0.4, -0.2) is 5.91 Å². The lowest BCUT2D eigenvalue weighted by Gasteiger charge is -2.21. The van der Waals surface area contributed by atoms with Crippen molar-refractivity contribution in [3.8, 4) is 0 Å². The van der Waals surface area contributed by atoms with Gasteiger partial charge in [-0.3, -0.25) is 4.79 Å². The van der Waals surface area contributed by atoms with Crippen LogP contribution >= 0.6 is 15.9 Å². The first kappa shape index (κ1) is 11.6. The van der Waals surface area contributed by atoms with Crippen molar-refractivity contribution in [2.75, 3.05) is 5.32 Å². The van der Waals surface area contributed by atoms with Gasteiger partial charge >= 0.3 is 0 Å². The molecule has 1 unspecified atom stereocenters. The van der Waals surface area contributed by atoms with Crippen LogP contribution in [0.15, 0.2) is 22.7 Å². The second kappa shape index (κ2) is 4.21. The Labute approximate surface area is 105 Å². The molecule has 1 atom stereocenters. The van der Waals surface area contributed by atoms with Gasteiger partial charge in [0.15, 0.2) is 0 Å². The Morgan fingerprint density at radius 2 is 2.19 bits per heavy atom. The summed E-state index contributed by atoms with van der Waals surface area (Å²) < 4.78 is 1.03. The van der Waals surface area contributed by atoms with Crippen LogP contribution in [0.3, 0.4) is 0 Å². The van der Waals surface area contributed by atoms with E-state index in [1.54, 1.807) is 0 Å². The number of nitrogens with one attached hydrogen (secondary N) is 1. The van der Waals surface area contributed by atoms with E-state index in [1.165, 1.54) is 0 Å². The minimum atomic E-state index is -0.352. The number of hydrogen-bond donors (Lipinski definition) is 1. The summed E-state index contributed by atoms with van der Waals surface area (Å²) >= 11 is 3.47. The highest BCUT2D eigenvalue weighted by molar-refractivity contribution is 9.10. The predicted octanol–water partition coefficient (Wildman–Crippen LogP) is 3.85. The van der Waals surface area contributed by atoms with E-state index >= 15 is 0 Å².